The Labute approximate surface area is 58.4 Å². The summed E-state index contributed by atoms with van der Waals surface area (Å²) in [6.45, 7) is 2.82. The molecule has 0 spiro atoms. The number of hydrogen-bond acceptors (Lipinski definition) is 0. The fraction of sp³-hybridized carbons (Fsp3) is 1.00. The fourth-order valence-corrected chi connectivity index (χ4v) is 1.41. The molecule has 0 aliphatic heterocycles. The quantitative estimate of drug-likeness (QED) is 0.499. The molecule has 0 nitrogen and oxygen atoms in total. The smallest absolute Gasteiger partial charge is 0.137 e. The molecule has 1 aliphatic rings. The Balaban J connectivity index is 2.68. The van der Waals surface area contributed by atoms with E-state index in [4.69, 9.17) is 0 Å². The molecule has 4 unspecified atom stereocenters. The highest BCUT2D eigenvalue weighted by atomic mass is 19.2. The Bertz CT molecular complexity index is 81.2. The van der Waals surface area contributed by atoms with E-state index in [1.54, 1.807) is 0 Å². The maximum atomic E-state index is 12.7. The molecule has 0 aromatic rings. The Morgan fingerprint density at radius 2 is 1.00 bits per heavy atom. The standard InChI is InChI=1S/C7H11F3/c1-3-5(8)4(2)7(10)6(3)9/h3-7H,1-2H3/t3-,4?,5?,6?,7?/m0/s1. The van der Waals surface area contributed by atoms with Gasteiger partial charge in [0.1, 0.15) is 18.5 Å². The highest BCUT2D eigenvalue weighted by molar-refractivity contribution is 4.94. The summed E-state index contributed by atoms with van der Waals surface area (Å²) in [6, 6.07) is 0. The lowest BCUT2D eigenvalue weighted by Crippen LogP contribution is -2.17. The zero-order chi connectivity index (χ0) is 7.89. The topological polar surface area (TPSA) is 0 Å². The average molecular weight is 152 g/mol. The van der Waals surface area contributed by atoms with Gasteiger partial charge in [-0.05, 0) is 0 Å². The van der Waals surface area contributed by atoms with Crippen LogP contribution < -0.4 is 0 Å². The first kappa shape index (κ1) is 7.89. The van der Waals surface area contributed by atoms with Gasteiger partial charge in [0.05, 0.1) is 0 Å². The maximum Gasteiger partial charge on any atom is 0.137 e. The van der Waals surface area contributed by atoms with Crippen molar-refractivity contribution >= 4 is 0 Å². The predicted molar refractivity (Wildman–Crippen MR) is 33.0 cm³/mol. The van der Waals surface area contributed by atoms with Crippen molar-refractivity contribution in [2.45, 2.75) is 32.4 Å². The fourth-order valence-electron chi connectivity index (χ4n) is 1.41. The molecule has 1 fully saturated rings. The van der Waals surface area contributed by atoms with E-state index in [0.29, 0.717) is 0 Å². The van der Waals surface area contributed by atoms with E-state index in [0.717, 1.165) is 0 Å². The summed E-state index contributed by atoms with van der Waals surface area (Å²) >= 11 is 0. The van der Waals surface area contributed by atoms with Crippen molar-refractivity contribution in [3.63, 3.8) is 0 Å². The lowest BCUT2D eigenvalue weighted by Gasteiger charge is -2.07. The molecule has 5 atom stereocenters. The van der Waals surface area contributed by atoms with Crippen molar-refractivity contribution < 1.29 is 13.2 Å². The first-order chi connectivity index (χ1) is 4.55. The van der Waals surface area contributed by atoms with E-state index in [9.17, 15) is 13.2 Å². The third-order valence-electron chi connectivity index (χ3n) is 2.31. The first-order valence-electron chi connectivity index (χ1n) is 3.48. The molecule has 1 aliphatic carbocycles. The van der Waals surface area contributed by atoms with Crippen molar-refractivity contribution in [3.8, 4) is 0 Å². The van der Waals surface area contributed by atoms with Crippen LogP contribution in [0.4, 0.5) is 13.2 Å². The maximum absolute atomic E-state index is 12.7. The van der Waals surface area contributed by atoms with Gasteiger partial charge < -0.3 is 0 Å². The van der Waals surface area contributed by atoms with Gasteiger partial charge in [-0.15, -0.1) is 0 Å². The lowest BCUT2D eigenvalue weighted by atomic mass is 10.1. The second-order valence-corrected chi connectivity index (χ2v) is 3.05. The largest absolute Gasteiger partial charge is 0.247 e. The van der Waals surface area contributed by atoms with Gasteiger partial charge >= 0.3 is 0 Å². The normalized spacial score (nSPS) is 55.5. The predicted octanol–water partition coefficient (Wildman–Crippen LogP) is 2.29. The third kappa shape index (κ3) is 0.917. The molecule has 1 rings (SSSR count). The molecular weight excluding hydrogens is 141 g/mol. The van der Waals surface area contributed by atoms with Crippen molar-refractivity contribution in [1.29, 1.82) is 0 Å². The Kier molecular flexibility index (Phi) is 1.92. The molecule has 0 aromatic heterocycles. The van der Waals surface area contributed by atoms with Crippen molar-refractivity contribution in [2.24, 2.45) is 11.8 Å². The minimum absolute atomic E-state index is 0.773. The summed E-state index contributed by atoms with van der Waals surface area (Å²) in [4.78, 5) is 0. The summed E-state index contributed by atoms with van der Waals surface area (Å²) in [5, 5.41) is 0. The molecule has 0 amide bonds. The second kappa shape index (κ2) is 2.44. The second-order valence-electron chi connectivity index (χ2n) is 3.05. The molecule has 10 heavy (non-hydrogen) atoms. The van der Waals surface area contributed by atoms with Gasteiger partial charge in [-0.3, -0.25) is 0 Å². The zero-order valence-electron chi connectivity index (χ0n) is 6.02. The van der Waals surface area contributed by atoms with Crippen LogP contribution in [0.2, 0.25) is 0 Å². The molecule has 0 saturated heterocycles. The van der Waals surface area contributed by atoms with Crippen LogP contribution in [-0.4, -0.2) is 18.5 Å². The Morgan fingerprint density at radius 1 is 0.700 bits per heavy atom. The third-order valence-corrected chi connectivity index (χ3v) is 2.31. The Hall–Kier alpha value is -0.210. The lowest BCUT2D eigenvalue weighted by molar-refractivity contribution is 0.150. The molecular formula is C7H11F3. The summed E-state index contributed by atoms with van der Waals surface area (Å²) < 4.78 is 37.9. The van der Waals surface area contributed by atoms with Crippen LogP contribution in [0.25, 0.3) is 0 Å². The molecule has 60 valence electrons. The van der Waals surface area contributed by atoms with Gasteiger partial charge in [0.15, 0.2) is 0 Å². The number of hydrogen-bond donors (Lipinski definition) is 0. The Morgan fingerprint density at radius 3 is 1.10 bits per heavy atom. The highest BCUT2D eigenvalue weighted by Gasteiger charge is 2.47. The monoisotopic (exact) mass is 152 g/mol. The zero-order valence-corrected chi connectivity index (χ0v) is 6.02. The van der Waals surface area contributed by atoms with Crippen LogP contribution in [0.5, 0.6) is 0 Å². The van der Waals surface area contributed by atoms with Gasteiger partial charge in [0.25, 0.3) is 0 Å². The molecule has 0 bridgehead atoms. The van der Waals surface area contributed by atoms with Crippen molar-refractivity contribution in [3.05, 3.63) is 0 Å². The van der Waals surface area contributed by atoms with Crippen LogP contribution >= 0.6 is 0 Å². The van der Waals surface area contributed by atoms with E-state index in [2.05, 4.69) is 0 Å². The van der Waals surface area contributed by atoms with Crippen LogP contribution in [0, 0.1) is 11.8 Å². The minimum atomic E-state index is -1.61. The van der Waals surface area contributed by atoms with Crippen LogP contribution in [0.15, 0.2) is 0 Å². The van der Waals surface area contributed by atoms with E-state index in [1.165, 1.54) is 13.8 Å². The van der Waals surface area contributed by atoms with E-state index in [-0.39, 0.29) is 0 Å². The molecule has 0 aromatic carbocycles. The summed E-state index contributed by atoms with van der Waals surface area (Å²) in [5.41, 5.74) is 0. The summed E-state index contributed by atoms with van der Waals surface area (Å²) in [5.74, 6) is -1.55. The van der Waals surface area contributed by atoms with E-state index < -0.39 is 30.4 Å². The highest BCUT2D eigenvalue weighted by Crippen LogP contribution is 2.37. The van der Waals surface area contributed by atoms with Gasteiger partial charge in [-0.25, -0.2) is 13.2 Å². The van der Waals surface area contributed by atoms with Gasteiger partial charge in [0, 0.05) is 11.8 Å². The SMILES string of the molecule is CC1C(F)C(F)[C@@H](C)C1F. The number of rotatable bonds is 0. The minimum Gasteiger partial charge on any atom is -0.247 e. The van der Waals surface area contributed by atoms with E-state index in [1.807, 2.05) is 0 Å². The van der Waals surface area contributed by atoms with Crippen LogP contribution in [-0.2, 0) is 0 Å². The molecule has 1 saturated carbocycles. The molecule has 0 N–H and O–H groups in total. The van der Waals surface area contributed by atoms with Crippen molar-refractivity contribution in [1.82, 2.24) is 0 Å². The summed E-state index contributed by atoms with van der Waals surface area (Å²) in [7, 11) is 0. The van der Waals surface area contributed by atoms with Gasteiger partial charge in [0.2, 0.25) is 0 Å². The van der Waals surface area contributed by atoms with E-state index >= 15 is 0 Å². The average Bonchev–Trinajstić information content (AvgIpc) is 2.07. The summed E-state index contributed by atoms with van der Waals surface area (Å²) in [6.07, 6.45) is -4.53. The molecule has 0 heterocycles. The number of alkyl halides is 3. The molecule has 3 heteroatoms. The van der Waals surface area contributed by atoms with Gasteiger partial charge in [-0.1, -0.05) is 13.8 Å². The van der Waals surface area contributed by atoms with Crippen LogP contribution in [0.1, 0.15) is 13.8 Å². The molecule has 0 radical (unpaired) electrons. The first-order valence-corrected chi connectivity index (χ1v) is 3.48. The van der Waals surface area contributed by atoms with Crippen molar-refractivity contribution in [2.75, 3.05) is 0 Å². The van der Waals surface area contributed by atoms with Gasteiger partial charge in [-0.2, -0.15) is 0 Å². The van der Waals surface area contributed by atoms with Crippen LogP contribution in [0.3, 0.4) is 0 Å². The number of halogens is 3.